The summed E-state index contributed by atoms with van der Waals surface area (Å²) in [4.78, 5) is 28.4. The van der Waals surface area contributed by atoms with Gasteiger partial charge in [0.2, 0.25) is 10.0 Å². The third kappa shape index (κ3) is 5.57. The van der Waals surface area contributed by atoms with E-state index in [1.165, 1.54) is 61.5 Å². The molecule has 0 saturated heterocycles. The molecule has 0 aliphatic carbocycles. The maximum atomic E-state index is 12.0. The van der Waals surface area contributed by atoms with Gasteiger partial charge in [0, 0.05) is 19.8 Å². The fraction of sp³-hybridized carbons (Fsp3) is 0.211. The Morgan fingerprint density at radius 1 is 1.13 bits per heavy atom. The van der Waals surface area contributed by atoms with E-state index in [-0.39, 0.29) is 10.6 Å². The molecule has 11 heteroatoms. The molecule has 0 aliphatic rings. The van der Waals surface area contributed by atoms with Crippen LogP contribution in [0.25, 0.3) is 10.2 Å². The molecule has 1 amide bonds. The van der Waals surface area contributed by atoms with E-state index in [2.05, 4.69) is 10.3 Å². The number of amides is 1. The van der Waals surface area contributed by atoms with E-state index in [1.54, 1.807) is 0 Å². The monoisotopic (exact) mass is 465 g/mol. The number of carbonyl (C=O) groups excluding carboxylic acids is 2. The maximum absolute atomic E-state index is 12.0. The fourth-order valence-electron chi connectivity index (χ4n) is 2.34. The lowest BCUT2D eigenvalue weighted by Gasteiger charge is -2.12. The number of aromatic nitrogens is 1. The number of benzene rings is 2. The summed E-state index contributed by atoms with van der Waals surface area (Å²) in [7, 11) is -0.659. The molecule has 3 aromatic rings. The highest BCUT2D eigenvalue weighted by atomic mass is 32.2. The van der Waals surface area contributed by atoms with Crippen LogP contribution in [0.3, 0.4) is 0 Å². The van der Waals surface area contributed by atoms with E-state index in [0.29, 0.717) is 5.69 Å². The summed E-state index contributed by atoms with van der Waals surface area (Å²) in [6, 6.07) is 13.4. The first kappa shape index (κ1) is 22.2. The second-order valence-corrected chi connectivity index (χ2v) is 10.7. The predicted octanol–water partition coefficient (Wildman–Crippen LogP) is 2.82. The molecule has 0 spiro atoms. The molecule has 8 nitrogen and oxygen atoms in total. The smallest absolute Gasteiger partial charge is 0.316 e. The molecular formula is C19H19N3O5S3. The van der Waals surface area contributed by atoms with E-state index in [0.717, 1.165) is 18.9 Å². The fourth-order valence-corrected chi connectivity index (χ4v) is 5.11. The minimum absolute atomic E-state index is 0.0458. The normalized spacial score (nSPS) is 11.6. The van der Waals surface area contributed by atoms with Crippen molar-refractivity contribution < 1.29 is 22.7 Å². The van der Waals surface area contributed by atoms with Crippen molar-refractivity contribution in [3.8, 4) is 0 Å². The van der Waals surface area contributed by atoms with Crippen molar-refractivity contribution >= 4 is 60.9 Å². The zero-order chi connectivity index (χ0) is 21.7. The van der Waals surface area contributed by atoms with Crippen LogP contribution in [0, 0.1) is 0 Å². The molecule has 0 saturated carbocycles. The number of esters is 1. The summed E-state index contributed by atoms with van der Waals surface area (Å²) in [6.07, 6.45) is 0. The van der Waals surface area contributed by atoms with E-state index in [4.69, 9.17) is 4.74 Å². The summed E-state index contributed by atoms with van der Waals surface area (Å²) in [5, 5.41) is 2.56. The minimum Gasteiger partial charge on any atom is -0.455 e. The number of hydrogen-bond acceptors (Lipinski definition) is 8. The van der Waals surface area contributed by atoms with Crippen LogP contribution < -0.4 is 5.32 Å². The summed E-state index contributed by atoms with van der Waals surface area (Å²) in [5.41, 5.74) is 1.28. The number of nitrogens with zero attached hydrogens (tertiary/aromatic N) is 2. The SMILES string of the molecule is CN(C)S(=O)(=O)c1ccc(NC(=O)COC(=O)CSc2nc3ccccc3s2)cc1. The van der Waals surface area contributed by atoms with Gasteiger partial charge in [-0.15, -0.1) is 11.3 Å². The van der Waals surface area contributed by atoms with Crippen molar-refractivity contribution in [3.63, 3.8) is 0 Å². The minimum atomic E-state index is -3.54. The van der Waals surface area contributed by atoms with Gasteiger partial charge in [-0.1, -0.05) is 23.9 Å². The Hall–Kier alpha value is -2.47. The largest absolute Gasteiger partial charge is 0.455 e. The molecule has 1 heterocycles. The maximum Gasteiger partial charge on any atom is 0.316 e. The Morgan fingerprint density at radius 3 is 2.50 bits per heavy atom. The number of para-hydroxylation sites is 1. The highest BCUT2D eigenvalue weighted by Gasteiger charge is 2.17. The molecule has 2 aromatic carbocycles. The first-order valence-corrected chi connectivity index (χ1v) is 12.0. The number of thiazole rings is 1. The van der Waals surface area contributed by atoms with Gasteiger partial charge < -0.3 is 10.1 Å². The molecule has 1 N–H and O–H groups in total. The molecule has 0 unspecified atom stereocenters. The van der Waals surface area contributed by atoms with Gasteiger partial charge in [0.25, 0.3) is 5.91 Å². The molecule has 0 bridgehead atoms. The van der Waals surface area contributed by atoms with Crippen molar-refractivity contribution in [2.24, 2.45) is 0 Å². The van der Waals surface area contributed by atoms with Crippen LogP contribution in [0.4, 0.5) is 5.69 Å². The zero-order valence-electron chi connectivity index (χ0n) is 16.2. The van der Waals surface area contributed by atoms with Gasteiger partial charge in [-0.2, -0.15) is 0 Å². The van der Waals surface area contributed by atoms with E-state index in [1.807, 2.05) is 24.3 Å². The van der Waals surface area contributed by atoms with Gasteiger partial charge in [0.15, 0.2) is 10.9 Å². The Bertz CT molecular complexity index is 1120. The van der Waals surface area contributed by atoms with Crippen molar-refractivity contribution in [1.82, 2.24) is 9.29 Å². The number of sulfonamides is 1. The molecule has 0 fully saturated rings. The number of nitrogens with one attached hydrogen (secondary N) is 1. The average molecular weight is 466 g/mol. The molecular weight excluding hydrogens is 446 g/mol. The number of anilines is 1. The third-order valence-electron chi connectivity index (χ3n) is 3.87. The van der Waals surface area contributed by atoms with Crippen LogP contribution in [0.15, 0.2) is 57.8 Å². The van der Waals surface area contributed by atoms with E-state index in [9.17, 15) is 18.0 Å². The Balaban J connectivity index is 1.45. The number of carbonyl (C=O) groups is 2. The second kappa shape index (κ2) is 9.56. The number of ether oxygens (including phenoxy) is 1. The summed E-state index contributed by atoms with van der Waals surface area (Å²) >= 11 is 2.75. The lowest BCUT2D eigenvalue weighted by atomic mass is 10.3. The first-order chi connectivity index (χ1) is 14.3. The van der Waals surface area contributed by atoms with E-state index < -0.39 is 28.5 Å². The van der Waals surface area contributed by atoms with Gasteiger partial charge in [-0.05, 0) is 36.4 Å². The average Bonchev–Trinajstić information content (AvgIpc) is 3.14. The molecule has 0 radical (unpaired) electrons. The van der Waals surface area contributed by atoms with Crippen molar-refractivity contribution in [1.29, 1.82) is 0 Å². The third-order valence-corrected chi connectivity index (χ3v) is 7.85. The number of fused-ring (bicyclic) bond motifs is 1. The highest BCUT2D eigenvalue weighted by molar-refractivity contribution is 8.01. The standard InChI is InChI=1S/C19H19N3O5S3/c1-22(2)30(25,26)14-9-7-13(8-10-14)20-17(23)11-27-18(24)12-28-19-21-15-5-3-4-6-16(15)29-19/h3-10H,11-12H2,1-2H3,(H,20,23). The number of hydrogen-bond donors (Lipinski definition) is 1. The van der Waals surface area contributed by atoms with Crippen molar-refractivity contribution in [2.75, 3.05) is 31.8 Å². The molecule has 158 valence electrons. The summed E-state index contributed by atoms with van der Waals surface area (Å²) in [6.45, 7) is -0.434. The van der Waals surface area contributed by atoms with Gasteiger partial charge in [0.05, 0.1) is 20.9 Å². The van der Waals surface area contributed by atoms with Crippen LogP contribution in [0.1, 0.15) is 0 Å². The zero-order valence-corrected chi connectivity index (χ0v) is 18.6. The molecule has 3 rings (SSSR count). The van der Waals surface area contributed by atoms with Crippen molar-refractivity contribution in [3.05, 3.63) is 48.5 Å². The second-order valence-electron chi connectivity index (χ2n) is 6.26. The van der Waals surface area contributed by atoms with Crippen LogP contribution >= 0.6 is 23.1 Å². The van der Waals surface area contributed by atoms with Crippen LogP contribution in [-0.4, -0.2) is 56.0 Å². The van der Waals surface area contributed by atoms with Gasteiger partial charge in [-0.3, -0.25) is 9.59 Å². The Morgan fingerprint density at radius 2 is 1.83 bits per heavy atom. The molecule has 30 heavy (non-hydrogen) atoms. The van der Waals surface area contributed by atoms with Crippen LogP contribution in [0.5, 0.6) is 0 Å². The lowest BCUT2D eigenvalue weighted by molar-refractivity contribution is -0.144. The molecule has 0 atom stereocenters. The highest BCUT2D eigenvalue weighted by Crippen LogP contribution is 2.29. The molecule has 1 aromatic heterocycles. The predicted molar refractivity (Wildman–Crippen MR) is 117 cm³/mol. The quantitative estimate of drug-likeness (QED) is 0.403. The van der Waals surface area contributed by atoms with E-state index >= 15 is 0 Å². The number of rotatable bonds is 8. The Labute approximate surface area is 182 Å². The lowest BCUT2D eigenvalue weighted by Crippen LogP contribution is -2.23. The summed E-state index contributed by atoms with van der Waals surface area (Å²) < 4.78 is 31.9. The van der Waals surface area contributed by atoms with Crippen LogP contribution in [0.2, 0.25) is 0 Å². The van der Waals surface area contributed by atoms with Crippen molar-refractivity contribution in [2.45, 2.75) is 9.24 Å². The van der Waals surface area contributed by atoms with Crippen LogP contribution in [-0.2, 0) is 24.3 Å². The topological polar surface area (TPSA) is 106 Å². The first-order valence-electron chi connectivity index (χ1n) is 8.72. The van der Waals surface area contributed by atoms with Gasteiger partial charge in [-0.25, -0.2) is 17.7 Å². The number of thioether (sulfide) groups is 1. The van der Waals surface area contributed by atoms with Gasteiger partial charge >= 0.3 is 5.97 Å². The Kier molecular flexibility index (Phi) is 7.08. The summed E-state index contributed by atoms with van der Waals surface area (Å²) in [5.74, 6) is -0.997. The van der Waals surface area contributed by atoms with Gasteiger partial charge in [0.1, 0.15) is 0 Å². The molecule has 0 aliphatic heterocycles.